The molecule has 29 heavy (non-hydrogen) atoms. The van der Waals surface area contributed by atoms with Crippen LogP contribution in [0.2, 0.25) is 5.02 Å². The van der Waals surface area contributed by atoms with Gasteiger partial charge in [-0.3, -0.25) is 14.2 Å². The average Bonchev–Trinajstić information content (AvgIpc) is 3.05. The maximum atomic E-state index is 12.7. The number of hydrogen-bond donors (Lipinski definition) is 2. The number of hydrogen-bond acceptors (Lipinski definition) is 7. The van der Waals surface area contributed by atoms with Crippen LogP contribution in [0.1, 0.15) is 26.7 Å². The van der Waals surface area contributed by atoms with Gasteiger partial charge < -0.3 is 19.9 Å². The van der Waals surface area contributed by atoms with E-state index < -0.39 is 12.6 Å². The normalized spacial score (nSPS) is 21.4. The minimum Gasteiger partial charge on any atom is -0.368 e. The number of aliphatic hydroxyl groups is 1. The lowest BCUT2D eigenvalue weighted by Gasteiger charge is -2.24. The van der Waals surface area contributed by atoms with E-state index in [9.17, 15) is 14.7 Å². The van der Waals surface area contributed by atoms with Crippen LogP contribution < -0.4 is 10.9 Å². The predicted octanol–water partition coefficient (Wildman–Crippen LogP) is 2.22. The second-order valence-electron chi connectivity index (χ2n) is 7.03. The van der Waals surface area contributed by atoms with Gasteiger partial charge in [0.25, 0.3) is 5.56 Å². The predicted molar refractivity (Wildman–Crippen MR) is 112 cm³/mol. The highest BCUT2D eigenvalue weighted by Gasteiger charge is 2.31. The largest absolute Gasteiger partial charge is 0.368 e. The Balaban J connectivity index is 1.66. The summed E-state index contributed by atoms with van der Waals surface area (Å²) in [5, 5.41) is 13.3. The van der Waals surface area contributed by atoms with Gasteiger partial charge in [-0.2, -0.15) is 0 Å². The van der Waals surface area contributed by atoms with Crippen molar-refractivity contribution in [2.24, 2.45) is 0 Å². The number of aromatic nitrogens is 2. The number of fused-ring (bicyclic) bond motifs is 1. The number of carbonyl (C=O) groups excluding carboxylic acids is 1. The van der Waals surface area contributed by atoms with Gasteiger partial charge in [-0.1, -0.05) is 11.6 Å². The van der Waals surface area contributed by atoms with Crippen LogP contribution in [0.4, 0.5) is 0 Å². The lowest BCUT2D eigenvalue weighted by atomic mass is 10.1. The van der Waals surface area contributed by atoms with Gasteiger partial charge >= 0.3 is 0 Å². The number of carbonyl (C=O) groups is 1. The van der Waals surface area contributed by atoms with Crippen molar-refractivity contribution in [1.29, 1.82) is 0 Å². The molecule has 0 spiro atoms. The summed E-state index contributed by atoms with van der Waals surface area (Å²) in [6, 6.07) is 3.03. The summed E-state index contributed by atoms with van der Waals surface area (Å²) in [5.41, 5.74) is 0.192. The molecule has 3 rings (SSSR count). The van der Waals surface area contributed by atoms with Crippen molar-refractivity contribution >= 4 is 44.2 Å². The molecular formula is C19H23BrClN3O5. The molecule has 1 aromatic heterocycles. The Hall–Kier alpha value is -1.36. The third kappa shape index (κ3) is 5.62. The quantitative estimate of drug-likeness (QED) is 0.549. The van der Waals surface area contributed by atoms with Gasteiger partial charge in [0.15, 0.2) is 18.4 Å². The first-order valence-electron chi connectivity index (χ1n) is 9.33. The van der Waals surface area contributed by atoms with Crippen LogP contribution >= 0.6 is 27.5 Å². The second-order valence-corrected chi connectivity index (χ2v) is 8.29. The topological polar surface area (TPSA) is 103 Å². The van der Waals surface area contributed by atoms with Crippen LogP contribution in [-0.4, -0.2) is 51.7 Å². The molecule has 1 saturated heterocycles. The van der Waals surface area contributed by atoms with Crippen molar-refractivity contribution in [2.75, 3.05) is 6.54 Å². The first kappa shape index (κ1) is 22.3. The maximum Gasteiger partial charge on any atom is 0.261 e. The van der Waals surface area contributed by atoms with Crippen molar-refractivity contribution in [3.05, 3.63) is 38.3 Å². The average molecular weight is 489 g/mol. The smallest absolute Gasteiger partial charge is 0.261 e. The fourth-order valence-corrected chi connectivity index (χ4v) is 3.93. The first-order valence-corrected chi connectivity index (χ1v) is 10.5. The van der Waals surface area contributed by atoms with E-state index in [-0.39, 0.29) is 36.5 Å². The SMILES string of the molecule is CC(O)OC(C)OC1CCNC1CC(=O)Cn1cnc2cc(Br)c(Cl)cc2c1=O. The number of ketones is 1. The van der Waals surface area contributed by atoms with Gasteiger partial charge in [-0.05, 0) is 54.9 Å². The van der Waals surface area contributed by atoms with Crippen molar-refractivity contribution in [1.82, 2.24) is 14.9 Å². The molecule has 4 atom stereocenters. The summed E-state index contributed by atoms with van der Waals surface area (Å²) in [4.78, 5) is 29.5. The Morgan fingerprint density at radius 2 is 2.24 bits per heavy atom. The minimum absolute atomic E-state index is 0.0833. The van der Waals surface area contributed by atoms with Gasteiger partial charge in [0.2, 0.25) is 0 Å². The number of nitrogens with one attached hydrogen (secondary N) is 1. The highest BCUT2D eigenvalue weighted by molar-refractivity contribution is 9.10. The summed E-state index contributed by atoms with van der Waals surface area (Å²) in [6.07, 6.45) is 0.580. The Morgan fingerprint density at radius 1 is 1.48 bits per heavy atom. The second kappa shape index (κ2) is 9.63. The molecule has 1 aromatic carbocycles. The fourth-order valence-electron chi connectivity index (χ4n) is 3.43. The number of rotatable bonds is 8. The molecule has 0 amide bonds. The highest BCUT2D eigenvalue weighted by Crippen LogP contribution is 2.25. The van der Waals surface area contributed by atoms with Crippen LogP contribution in [-0.2, 0) is 20.8 Å². The first-order chi connectivity index (χ1) is 13.7. The van der Waals surface area contributed by atoms with Crippen LogP contribution in [0, 0.1) is 0 Å². The van der Waals surface area contributed by atoms with Gasteiger partial charge in [0.05, 0.1) is 34.9 Å². The van der Waals surface area contributed by atoms with Crippen molar-refractivity contribution in [3.8, 4) is 0 Å². The zero-order valence-corrected chi connectivity index (χ0v) is 18.4. The molecule has 158 valence electrons. The Labute approximate surface area is 181 Å². The Morgan fingerprint density at radius 3 is 2.97 bits per heavy atom. The molecule has 1 aliphatic heterocycles. The summed E-state index contributed by atoms with van der Waals surface area (Å²) < 4.78 is 12.9. The maximum absolute atomic E-state index is 12.7. The Bertz CT molecular complexity index is 951. The number of nitrogens with zero attached hydrogens (tertiary/aromatic N) is 2. The minimum atomic E-state index is -0.930. The molecule has 2 N–H and O–H groups in total. The Kier molecular flexibility index (Phi) is 7.42. The molecule has 2 heterocycles. The molecule has 8 nitrogen and oxygen atoms in total. The van der Waals surface area contributed by atoms with Crippen LogP contribution in [0.5, 0.6) is 0 Å². The number of Topliss-reactive ketones (excluding diaryl/α,β-unsaturated/α-hetero) is 1. The van der Waals surface area contributed by atoms with Crippen LogP contribution in [0.15, 0.2) is 27.7 Å². The third-order valence-electron chi connectivity index (χ3n) is 4.70. The summed E-state index contributed by atoms with van der Waals surface area (Å²) >= 11 is 9.39. The number of aliphatic hydroxyl groups excluding tert-OH is 1. The summed E-state index contributed by atoms with van der Waals surface area (Å²) in [6.45, 7) is 3.84. The third-order valence-corrected chi connectivity index (χ3v) is 5.90. The van der Waals surface area contributed by atoms with Crippen molar-refractivity contribution in [3.63, 3.8) is 0 Å². The van der Waals surface area contributed by atoms with E-state index >= 15 is 0 Å². The molecule has 2 aromatic rings. The van der Waals surface area contributed by atoms with E-state index in [0.29, 0.717) is 20.4 Å². The van der Waals surface area contributed by atoms with E-state index in [1.807, 2.05) is 0 Å². The number of benzene rings is 1. The van der Waals surface area contributed by atoms with E-state index in [1.54, 1.807) is 19.1 Å². The van der Waals surface area contributed by atoms with Crippen molar-refractivity contribution in [2.45, 2.75) is 58.0 Å². The van der Waals surface area contributed by atoms with Crippen LogP contribution in [0.25, 0.3) is 10.9 Å². The van der Waals surface area contributed by atoms with E-state index in [4.69, 9.17) is 21.1 Å². The molecule has 10 heteroatoms. The molecule has 0 aliphatic carbocycles. The van der Waals surface area contributed by atoms with Gasteiger partial charge in [0.1, 0.15) is 0 Å². The van der Waals surface area contributed by atoms with E-state index in [1.165, 1.54) is 17.8 Å². The molecule has 0 saturated carbocycles. The van der Waals surface area contributed by atoms with E-state index in [2.05, 4.69) is 26.2 Å². The van der Waals surface area contributed by atoms with Crippen molar-refractivity contribution < 1.29 is 19.4 Å². The zero-order chi connectivity index (χ0) is 21.1. The van der Waals surface area contributed by atoms with Gasteiger partial charge in [-0.25, -0.2) is 4.98 Å². The molecule has 1 aliphatic rings. The molecular weight excluding hydrogens is 466 g/mol. The summed E-state index contributed by atoms with van der Waals surface area (Å²) in [5.74, 6) is -0.117. The lowest BCUT2D eigenvalue weighted by Crippen LogP contribution is -2.38. The van der Waals surface area contributed by atoms with Gasteiger partial charge in [0, 0.05) is 16.9 Å². The molecule has 0 radical (unpaired) electrons. The standard InChI is InChI=1S/C19H23BrClN3O5/c1-10(25)28-11(2)29-18-3-4-22-17(18)5-12(26)8-24-9-23-16-7-14(20)15(21)6-13(16)19(24)27/h6-7,9-11,17-18,22,25H,3-5,8H2,1-2H3. The zero-order valence-electron chi connectivity index (χ0n) is 16.1. The molecule has 4 unspecified atom stereocenters. The lowest BCUT2D eigenvalue weighted by molar-refractivity contribution is -0.230. The molecule has 0 bridgehead atoms. The monoisotopic (exact) mass is 487 g/mol. The van der Waals surface area contributed by atoms with Crippen LogP contribution in [0.3, 0.4) is 0 Å². The van der Waals surface area contributed by atoms with E-state index in [0.717, 1.165) is 13.0 Å². The highest BCUT2D eigenvalue weighted by atomic mass is 79.9. The van der Waals surface area contributed by atoms with Gasteiger partial charge in [-0.15, -0.1) is 0 Å². The number of ether oxygens (including phenoxy) is 2. The summed E-state index contributed by atoms with van der Waals surface area (Å²) in [7, 11) is 0. The number of halogens is 2. The fraction of sp³-hybridized carbons (Fsp3) is 0.526. The molecule has 1 fully saturated rings.